The quantitative estimate of drug-likeness (QED) is 0.423. The topological polar surface area (TPSA) is 105 Å². The Labute approximate surface area is 217 Å². The molecule has 0 aromatic heterocycles. The van der Waals surface area contributed by atoms with Gasteiger partial charge in [-0.1, -0.05) is 35.3 Å². The monoisotopic (exact) mass is 536 g/mol. The summed E-state index contributed by atoms with van der Waals surface area (Å²) in [5.41, 5.74) is 1.72. The zero-order chi connectivity index (χ0) is 25.2. The smallest absolute Gasteiger partial charge is 0.273 e. The summed E-state index contributed by atoms with van der Waals surface area (Å²) in [6.45, 7) is 3.16. The Hall–Kier alpha value is -2.33. The summed E-state index contributed by atoms with van der Waals surface area (Å²) in [4.78, 5) is 37.9. The van der Waals surface area contributed by atoms with Gasteiger partial charge in [-0.05, 0) is 49.9 Å². The first-order chi connectivity index (χ1) is 16.7. The van der Waals surface area contributed by atoms with Gasteiger partial charge in [0.05, 0.1) is 15.8 Å². The van der Waals surface area contributed by atoms with Crippen molar-refractivity contribution in [2.24, 2.45) is 0 Å². The summed E-state index contributed by atoms with van der Waals surface area (Å²) in [5.74, 6) is 0.400. The number of likely N-dealkylation sites (tertiary alicyclic amines) is 1. The number of aryl methyl sites for hydroxylation is 1. The number of nitrogens with zero attached hydrogens (tertiary/aromatic N) is 2. The molecule has 4 rings (SSSR count). The van der Waals surface area contributed by atoms with E-state index in [1.165, 1.54) is 6.07 Å². The Morgan fingerprint density at radius 2 is 1.97 bits per heavy atom. The third-order valence-corrected chi connectivity index (χ3v) is 8.67. The number of carbonyl (C=O) groups is 2. The van der Waals surface area contributed by atoms with Crippen LogP contribution in [0.2, 0.25) is 10.0 Å². The third-order valence-electron chi connectivity index (χ3n) is 6.50. The van der Waals surface area contributed by atoms with Gasteiger partial charge >= 0.3 is 0 Å². The van der Waals surface area contributed by atoms with Gasteiger partial charge in [-0.15, -0.1) is 11.8 Å². The molecule has 186 valence electrons. The summed E-state index contributed by atoms with van der Waals surface area (Å²) in [5, 5.41) is 18.8. The van der Waals surface area contributed by atoms with E-state index in [1.807, 2.05) is 6.07 Å². The van der Waals surface area contributed by atoms with Crippen molar-refractivity contribution in [3.8, 4) is 0 Å². The van der Waals surface area contributed by atoms with E-state index in [0.717, 1.165) is 5.56 Å². The second-order valence-electron chi connectivity index (χ2n) is 8.83. The molecule has 1 spiro atoms. The third kappa shape index (κ3) is 5.91. The average Bonchev–Trinajstić information content (AvgIpc) is 3.24. The van der Waals surface area contributed by atoms with Crippen LogP contribution in [0.4, 0.5) is 5.69 Å². The van der Waals surface area contributed by atoms with Crippen molar-refractivity contribution in [1.82, 2.24) is 15.5 Å². The number of nitrogens with one attached hydrogen (secondary N) is 2. The molecule has 2 aliphatic heterocycles. The molecule has 0 aliphatic carbocycles. The van der Waals surface area contributed by atoms with Crippen LogP contribution >= 0.6 is 35.0 Å². The van der Waals surface area contributed by atoms with Gasteiger partial charge in [0, 0.05) is 52.6 Å². The summed E-state index contributed by atoms with van der Waals surface area (Å²) in [6.07, 6.45) is 2.00. The number of rotatable bonds is 6. The van der Waals surface area contributed by atoms with Gasteiger partial charge < -0.3 is 10.2 Å². The minimum Gasteiger partial charge on any atom is -0.354 e. The van der Waals surface area contributed by atoms with Crippen molar-refractivity contribution in [2.75, 3.05) is 25.4 Å². The average molecular weight is 537 g/mol. The number of halogens is 2. The first-order valence-corrected chi connectivity index (χ1v) is 13.1. The molecule has 2 fully saturated rings. The number of hydrogen-bond acceptors (Lipinski definition) is 6. The van der Waals surface area contributed by atoms with E-state index >= 15 is 0 Å². The normalized spacial score (nSPS) is 19.1. The minimum absolute atomic E-state index is 0.0510. The standard InChI is InChI=1S/C24H26Cl2N4O4S/c1-15-2-3-17(12-21(15)30(33)34)23(32)29-10-7-24(8-11-29)28-20(14-35-24)22(31)27-9-6-16-4-5-18(25)13-19(16)26/h2-5,12-13,20,28H,6-11,14H2,1H3,(H,27,31). The van der Waals surface area contributed by atoms with E-state index in [1.54, 1.807) is 47.9 Å². The van der Waals surface area contributed by atoms with Crippen LogP contribution in [0.15, 0.2) is 36.4 Å². The van der Waals surface area contributed by atoms with Gasteiger partial charge in [0.15, 0.2) is 0 Å². The zero-order valence-corrected chi connectivity index (χ0v) is 21.5. The Morgan fingerprint density at radius 1 is 1.23 bits per heavy atom. The largest absolute Gasteiger partial charge is 0.354 e. The number of thioether (sulfide) groups is 1. The number of amides is 2. The highest BCUT2D eigenvalue weighted by molar-refractivity contribution is 8.01. The number of carbonyl (C=O) groups excluding carboxylic acids is 2. The molecule has 11 heteroatoms. The van der Waals surface area contributed by atoms with Crippen molar-refractivity contribution in [3.05, 3.63) is 73.2 Å². The van der Waals surface area contributed by atoms with E-state index in [-0.39, 0.29) is 28.4 Å². The summed E-state index contributed by atoms with van der Waals surface area (Å²) < 4.78 is 0. The van der Waals surface area contributed by atoms with E-state index in [9.17, 15) is 19.7 Å². The van der Waals surface area contributed by atoms with Gasteiger partial charge in [-0.25, -0.2) is 0 Å². The summed E-state index contributed by atoms with van der Waals surface area (Å²) in [6, 6.07) is 9.62. The van der Waals surface area contributed by atoms with Gasteiger partial charge in [0.2, 0.25) is 5.91 Å². The van der Waals surface area contributed by atoms with E-state index in [2.05, 4.69) is 10.6 Å². The van der Waals surface area contributed by atoms with Crippen LogP contribution in [-0.2, 0) is 11.2 Å². The lowest BCUT2D eigenvalue weighted by Crippen LogP contribution is -2.54. The fraction of sp³-hybridized carbons (Fsp3) is 0.417. The Bertz CT molecular complexity index is 1150. The Balaban J connectivity index is 1.27. The van der Waals surface area contributed by atoms with Crippen LogP contribution in [0, 0.1) is 17.0 Å². The van der Waals surface area contributed by atoms with E-state index in [0.29, 0.717) is 65.8 Å². The molecule has 2 aromatic rings. The lowest BCUT2D eigenvalue weighted by Gasteiger charge is -2.39. The highest BCUT2D eigenvalue weighted by atomic mass is 35.5. The molecule has 8 nitrogen and oxygen atoms in total. The molecule has 2 heterocycles. The Kier molecular flexibility index (Phi) is 7.90. The van der Waals surface area contributed by atoms with Crippen molar-refractivity contribution in [1.29, 1.82) is 0 Å². The highest BCUT2D eigenvalue weighted by Gasteiger charge is 2.44. The molecule has 2 aromatic carbocycles. The van der Waals surface area contributed by atoms with Crippen LogP contribution in [0.3, 0.4) is 0 Å². The second-order valence-corrected chi connectivity index (χ2v) is 11.1. The van der Waals surface area contributed by atoms with Gasteiger partial charge in [-0.3, -0.25) is 25.0 Å². The van der Waals surface area contributed by atoms with Crippen LogP contribution < -0.4 is 10.6 Å². The molecule has 35 heavy (non-hydrogen) atoms. The van der Waals surface area contributed by atoms with Crippen molar-refractivity contribution in [3.63, 3.8) is 0 Å². The van der Waals surface area contributed by atoms with Crippen LogP contribution in [-0.4, -0.2) is 57.9 Å². The molecule has 0 bridgehead atoms. The number of benzene rings is 2. The molecule has 2 N–H and O–H groups in total. The number of hydrogen-bond donors (Lipinski definition) is 2. The predicted octanol–water partition coefficient (Wildman–Crippen LogP) is 4.21. The van der Waals surface area contributed by atoms with E-state index in [4.69, 9.17) is 23.2 Å². The predicted molar refractivity (Wildman–Crippen MR) is 138 cm³/mol. The minimum atomic E-state index is -0.467. The van der Waals surface area contributed by atoms with Crippen molar-refractivity contribution < 1.29 is 14.5 Å². The maximum absolute atomic E-state index is 12.9. The van der Waals surface area contributed by atoms with Gasteiger partial charge in [-0.2, -0.15) is 0 Å². The molecular weight excluding hydrogens is 511 g/mol. The summed E-state index contributed by atoms with van der Waals surface area (Å²) in [7, 11) is 0. The lowest BCUT2D eigenvalue weighted by molar-refractivity contribution is -0.385. The second kappa shape index (κ2) is 10.7. The molecule has 2 aliphatic rings. The van der Waals surface area contributed by atoms with Crippen LogP contribution in [0.25, 0.3) is 0 Å². The van der Waals surface area contributed by atoms with Crippen LogP contribution in [0.5, 0.6) is 0 Å². The fourth-order valence-electron chi connectivity index (χ4n) is 4.43. The molecule has 0 saturated carbocycles. The highest BCUT2D eigenvalue weighted by Crippen LogP contribution is 2.39. The molecular formula is C24H26Cl2N4O4S. The SMILES string of the molecule is Cc1ccc(C(=O)N2CCC3(CC2)NC(C(=O)NCCc2ccc(Cl)cc2Cl)CS3)cc1[N+](=O)[O-]. The number of nitro groups is 1. The Morgan fingerprint density at radius 3 is 2.66 bits per heavy atom. The first kappa shape index (κ1) is 25.8. The molecule has 0 radical (unpaired) electrons. The number of nitro benzene ring substituents is 1. The van der Waals surface area contributed by atoms with E-state index < -0.39 is 4.92 Å². The molecule has 1 unspecified atom stereocenters. The maximum Gasteiger partial charge on any atom is 0.273 e. The zero-order valence-electron chi connectivity index (χ0n) is 19.2. The molecule has 2 saturated heterocycles. The number of piperidine rings is 1. The molecule has 2 amide bonds. The van der Waals surface area contributed by atoms with Crippen molar-refractivity contribution in [2.45, 2.75) is 37.1 Å². The van der Waals surface area contributed by atoms with Gasteiger partial charge in [0.1, 0.15) is 0 Å². The maximum atomic E-state index is 12.9. The van der Waals surface area contributed by atoms with Crippen LogP contribution in [0.1, 0.15) is 34.3 Å². The fourth-order valence-corrected chi connectivity index (χ4v) is 6.35. The first-order valence-electron chi connectivity index (χ1n) is 11.3. The van der Waals surface area contributed by atoms with Gasteiger partial charge in [0.25, 0.3) is 11.6 Å². The summed E-state index contributed by atoms with van der Waals surface area (Å²) >= 11 is 13.8. The molecule has 1 atom stereocenters. The lowest BCUT2D eigenvalue weighted by atomic mass is 10.0. The van der Waals surface area contributed by atoms with Crippen molar-refractivity contribution >= 4 is 52.5 Å².